The molecule has 0 spiro atoms. The Balaban J connectivity index is 2.10. The number of likely N-dealkylation sites (tertiary alicyclic amines) is 1. The van der Waals surface area contributed by atoms with Gasteiger partial charge in [-0.05, 0) is 37.1 Å². The van der Waals surface area contributed by atoms with E-state index in [0.717, 1.165) is 43.7 Å². The van der Waals surface area contributed by atoms with Crippen LogP contribution in [0.2, 0.25) is 0 Å². The van der Waals surface area contributed by atoms with Gasteiger partial charge in [0.1, 0.15) is 12.0 Å². The highest BCUT2D eigenvalue weighted by Gasteiger charge is 2.22. The fraction of sp³-hybridized carbons (Fsp3) is 0.500. The Morgan fingerprint density at radius 3 is 3.00 bits per heavy atom. The van der Waals surface area contributed by atoms with Gasteiger partial charge in [0.2, 0.25) is 0 Å². The standard InChI is InChI=1S/C14H19NO3/c1-18-14-3-2-11(9-16)6-13(14)8-15-5-4-12(7-15)10-17/h2-3,6,9,12,17H,4-5,7-8,10H2,1H3. The quantitative estimate of drug-likeness (QED) is 0.800. The number of carbonyl (C=O) groups excluding carboxylic acids is 1. The average molecular weight is 249 g/mol. The number of hydrogen-bond donors (Lipinski definition) is 1. The minimum Gasteiger partial charge on any atom is -0.496 e. The van der Waals surface area contributed by atoms with Gasteiger partial charge in [-0.2, -0.15) is 0 Å². The molecule has 1 N–H and O–H groups in total. The zero-order chi connectivity index (χ0) is 13.0. The molecule has 1 aliphatic rings. The normalized spacial score (nSPS) is 20.0. The first-order chi connectivity index (χ1) is 8.76. The van der Waals surface area contributed by atoms with Gasteiger partial charge in [0, 0.05) is 30.8 Å². The lowest BCUT2D eigenvalue weighted by Gasteiger charge is -2.17. The molecule has 1 saturated heterocycles. The van der Waals surface area contributed by atoms with Crippen molar-refractivity contribution in [2.45, 2.75) is 13.0 Å². The van der Waals surface area contributed by atoms with Crippen molar-refractivity contribution in [3.05, 3.63) is 29.3 Å². The van der Waals surface area contributed by atoms with Crippen molar-refractivity contribution < 1.29 is 14.6 Å². The highest BCUT2D eigenvalue weighted by Crippen LogP contribution is 2.24. The third-order valence-electron chi connectivity index (χ3n) is 3.46. The molecule has 0 saturated carbocycles. The minimum absolute atomic E-state index is 0.252. The second-order valence-corrected chi connectivity index (χ2v) is 4.76. The van der Waals surface area contributed by atoms with Crippen molar-refractivity contribution >= 4 is 6.29 Å². The molecule has 0 radical (unpaired) electrons. The van der Waals surface area contributed by atoms with Crippen LogP contribution in [0.3, 0.4) is 0 Å². The smallest absolute Gasteiger partial charge is 0.150 e. The average Bonchev–Trinajstić information content (AvgIpc) is 2.86. The number of benzene rings is 1. The molecule has 0 amide bonds. The first-order valence-electron chi connectivity index (χ1n) is 6.22. The monoisotopic (exact) mass is 249 g/mol. The molecule has 1 heterocycles. The van der Waals surface area contributed by atoms with Gasteiger partial charge in [-0.3, -0.25) is 9.69 Å². The summed E-state index contributed by atoms with van der Waals surface area (Å²) in [5, 5.41) is 9.14. The van der Waals surface area contributed by atoms with Crippen LogP contribution in [0.5, 0.6) is 5.75 Å². The van der Waals surface area contributed by atoms with Crippen LogP contribution in [0.4, 0.5) is 0 Å². The summed E-state index contributed by atoms with van der Waals surface area (Å²) in [6, 6.07) is 5.46. The third-order valence-corrected chi connectivity index (χ3v) is 3.46. The van der Waals surface area contributed by atoms with Crippen LogP contribution in [0.15, 0.2) is 18.2 Å². The predicted molar refractivity (Wildman–Crippen MR) is 68.9 cm³/mol. The number of rotatable bonds is 5. The summed E-state index contributed by atoms with van der Waals surface area (Å²) in [6.45, 7) is 2.91. The summed E-state index contributed by atoms with van der Waals surface area (Å²) in [7, 11) is 1.64. The van der Waals surface area contributed by atoms with E-state index in [-0.39, 0.29) is 6.61 Å². The third kappa shape index (κ3) is 2.89. The Labute approximate surface area is 107 Å². The van der Waals surface area contributed by atoms with Crippen molar-refractivity contribution in [3.63, 3.8) is 0 Å². The summed E-state index contributed by atoms with van der Waals surface area (Å²) < 4.78 is 5.32. The second-order valence-electron chi connectivity index (χ2n) is 4.76. The van der Waals surface area contributed by atoms with Crippen LogP contribution in [0, 0.1) is 5.92 Å². The molecule has 0 aliphatic carbocycles. The molecule has 1 atom stereocenters. The molecule has 1 unspecified atom stereocenters. The van der Waals surface area contributed by atoms with E-state index < -0.39 is 0 Å². The van der Waals surface area contributed by atoms with Crippen molar-refractivity contribution in [2.75, 3.05) is 26.8 Å². The van der Waals surface area contributed by atoms with E-state index in [1.54, 1.807) is 13.2 Å². The number of hydrogen-bond acceptors (Lipinski definition) is 4. The molecule has 18 heavy (non-hydrogen) atoms. The van der Waals surface area contributed by atoms with E-state index in [0.29, 0.717) is 11.5 Å². The van der Waals surface area contributed by atoms with Gasteiger partial charge in [-0.1, -0.05) is 0 Å². The maximum absolute atomic E-state index is 10.8. The molecular formula is C14H19NO3. The molecule has 98 valence electrons. The topological polar surface area (TPSA) is 49.8 Å². The number of aliphatic hydroxyl groups excluding tert-OH is 1. The number of nitrogens with zero attached hydrogens (tertiary/aromatic N) is 1. The van der Waals surface area contributed by atoms with Crippen LogP contribution in [0.25, 0.3) is 0 Å². The molecular weight excluding hydrogens is 230 g/mol. The summed E-state index contributed by atoms with van der Waals surface area (Å²) in [4.78, 5) is 13.1. The number of aliphatic hydroxyl groups is 1. The lowest BCUT2D eigenvalue weighted by Crippen LogP contribution is -2.21. The fourth-order valence-corrected chi connectivity index (χ4v) is 2.44. The summed E-state index contributed by atoms with van der Waals surface area (Å²) in [5.41, 5.74) is 1.70. The predicted octanol–water partition coefficient (Wildman–Crippen LogP) is 1.32. The molecule has 2 rings (SSSR count). The zero-order valence-electron chi connectivity index (χ0n) is 10.6. The van der Waals surface area contributed by atoms with E-state index >= 15 is 0 Å². The molecule has 4 nitrogen and oxygen atoms in total. The van der Waals surface area contributed by atoms with Gasteiger partial charge in [-0.25, -0.2) is 0 Å². The number of carbonyl (C=O) groups is 1. The molecule has 1 aromatic carbocycles. The molecule has 4 heteroatoms. The molecule has 0 bridgehead atoms. The first-order valence-corrected chi connectivity index (χ1v) is 6.22. The lowest BCUT2D eigenvalue weighted by atomic mass is 10.1. The Kier molecular flexibility index (Phi) is 4.33. The highest BCUT2D eigenvalue weighted by molar-refractivity contribution is 5.75. The number of methoxy groups -OCH3 is 1. The van der Waals surface area contributed by atoms with Gasteiger partial charge in [0.05, 0.1) is 7.11 Å². The maximum Gasteiger partial charge on any atom is 0.150 e. The van der Waals surface area contributed by atoms with Gasteiger partial charge >= 0.3 is 0 Å². The lowest BCUT2D eigenvalue weighted by molar-refractivity contribution is 0.112. The van der Waals surface area contributed by atoms with Crippen molar-refractivity contribution in [1.29, 1.82) is 0 Å². The van der Waals surface area contributed by atoms with Crippen LogP contribution < -0.4 is 4.74 Å². The van der Waals surface area contributed by atoms with Crippen molar-refractivity contribution in [3.8, 4) is 5.75 Å². The molecule has 1 fully saturated rings. The number of ether oxygens (including phenoxy) is 1. The first kappa shape index (κ1) is 13.1. The van der Waals surface area contributed by atoms with Crippen LogP contribution in [-0.4, -0.2) is 43.1 Å². The fourth-order valence-electron chi connectivity index (χ4n) is 2.44. The van der Waals surface area contributed by atoms with Crippen LogP contribution in [-0.2, 0) is 6.54 Å². The Bertz CT molecular complexity index is 420. The van der Waals surface area contributed by atoms with Crippen LogP contribution in [0.1, 0.15) is 22.3 Å². The maximum atomic E-state index is 10.8. The Morgan fingerprint density at radius 2 is 2.39 bits per heavy atom. The minimum atomic E-state index is 0.252. The van der Waals surface area contributed by atoms with E-state index in [9.17, 15) is 4.79 Å². The molecule has 1 aliphatic heterocycles. The summed E-state index contributed by atoms with van der Waals surface area (Å²) in [5.74, 6) is 1.19. The summed E-state index contributed by atoms with van der Waals surface area (Å²) >= 11 is 0. The second kappa shape index (κ2) is 5.98. The van der Waals surface area contributed by atoms with Gasteiger partial charge in [0.15, 0.2) is 0 Å². The van der Waals surface area contributed by atoms with E-state index in [1.165, 1.54) is 0 Å². The van der Waals surface area contributed by atoms with Gasteiger partial charge < -0.3 is 9.84 Å². The molecule has 0 aromatic heterocycles. The molecule has 1 aromatic rings. The Hall–Kier alpha value is -1.39. The van der Waals surface area contributed by atoms with E-state index in [1.807, 2.05) is 12.1 Å². The van der Waals surface area contributed by atoms with Gasteiger partial charge in [-0.15, -0.1) is 0 Å². The Morgan fingerprint density at radius 1 is 1.56 bits per heavy atom. The highest BCUT2D eigenvalue weighted by atomic mass is 16.5. The van der Waals surface area contributed by atoms with Crippen molar-refractivity contribution in [2.24, 2.45) is 5.92 Å². The summed E-state index contributed by atoms with van der Waals surface area (Å²) in [6.07, 6.45) is 1.88. The largest absolute Gasteiger partial charge is 0.496 e. The van der Waals surface area contributed by atoms with E-state index in [2.05, 4.69) is 4.90 Å². The van der Waals surface area contributed by atoms with Gasteiger partial charge in [0.25, 0.3) is 0 Å². The zero-order valence-corrected chi connectivity index (χ0v) is 10.6. The SMILES string of the molecule is COc1ccc(C=O)cc1CN1CCC(CO)C1. The van der Waals surface area contributed by atoms with Crippen LogP contribution >= 0.6 is 0 Å². The van der Waals surface area contributed by atoms with Crippen molar-refractivity contribution in [1.82, 2.24) is 4.90 Å². The number of aldehydes is 1. The van der Waals surface area contributed by atoms with E-state index in [4.69, 9.17) is 9.84 Å².